The Kier molecular flexibility index (Phi) is 4.30. The van der Waals surface area contributed by atoms with Crippen LogP contribution in [0.25, 0.3) is 0 Å². The summed E-state index contributed by atoms with van der Waals surface area (Å²) < 4.78 is 10.9. The van der Waals surface area contributed by atoms with Crippen LogP contribution in [0.4, 0.5) is 5.69 Å². The highest BCUT2D eigenvalue weighted by atomic mass is 16.5. The summed E-state index contributed by atoms with van der Waals surface area (Å²) in [5.74, 6) is 0. The van der Waals surface area contributed by atoms with Gasteiger partial charge in [-0.3, -0.25) is 0 Å². The number of benzene rings is 1. The zero-order chi connectivity index (χ0) is 12.9. The lowest BCUT2D eigenvalue weighted by atomic mass is 10.3. The predicted octanol–water partition coefficient (Wildman–Crippen LogP) is 0.987. The number of para-hydroxylation sites is 1. The fourth-order valence-corrected chi connectivity index (χ4v) is 2.55. The second-order valence-electron chi connectivity index (χ2n) is 4.76. The van der Waals surface area contributed by atoms with E-state index in [1.165, 1.54) is 5.69 Å². The van der Waals surface area contributed by atoms with Crippen LogP contribution in [0.15, 0.2) is 30.3 Å². The Bertz CT molecular complexity index is 358. The van der Waals surface area contributed by atoms with Gasteiger partial charge in [0.25, 0.3) is 0 Å². The molecule has 3 rings (SSSR count). The lowest BCUT2D eigenvalue weighted by Crippen LogP contribution is -2.59. The maximum absolute atomic E-state index is 5.46. The molecule has 5 heteroatoms. The second kappa shape index (κ2) is 6.34. The van der Waals surface area contributed by atoms with Crippen molar-refractivity contribution in [2.45, 2.75) is 0 Å². The van der Waals surface area contributed by atoms with E-state index in [2.05, 4.69) is 45.5 Å². The van der Waals surface area contributed by atoms with Gasteiger partial charge >= 0.3 is 0 Å². The summed E-state index contributed by atoms with van der Waals surface area (Å²) in [5, 5.41) is 7.04. The van der Waals surface area contributed by atoms with Crippen LogP contribution in [0.5, 0.6) is 0 Å². The standard InChI is InChI=1S/C14H21N3O2/c1-2-4-14(5-3-1)17(15-6-10-18-11-7-15)16-8-12-19-13-9-16/h1-5H,6-13H2. The molecular formula is C14H21N3O2. The molecular weight excluding hydrogens is 242 g/mol. The second-order valence-corrected chi connectivity index (χ2v) is 4.76. The number of hydrazine groups is 2. The van der Waals surface area contributed by atoms with Crippen molar-refractivity contribution in [1.82, 2.24) is 10.0 Å². The molecule has 0 bridgehead atoms. The average molecular weight is 263 g/mol. The van der Waals surface area contributed by atoms with Crippen molar-refractivity contribution in [2.75, 3.05) is 57.7 Å². The maximum atomic E-state index is 5.46. The van der Waals surface area contributed by atoms with Crippen LogP contribution in [0.2, 0.25) is 0 Å². The molecule has 2 aliphatic heterocycles. The molecule has 0 N–H and O–H groups in total. The Morgan fingerprint density at radius 1 is 0.737 bits per heavy atom. The molecule has 2 saturated heterocycles. The van der Waals surface area contributed by atoms with Crippen LogP contribution in [0.1, 0.15) is 0 Å². The molecule has 0 unspecified atom stereocenters. The molecule has 0 aromatic heterocycles. The molecule has 19 heavy (non-hydrogen) atoms. The summed E-state index contributed by atoms with van der Waals surface area (Å²) >= 11 is 0. The van der Waals surface area contributed by atoms with E-state index in [4.69, 9.17) is 9.47 Å². The summed E-state index contributed by atoms with van der Waals surface area (Å²) in [6, 6.07) is 10.5. The van der Waals surface area contributed by atoms with E-state index in [1.807, 2.05) is 0 Å². The van der Waals surface area contributed by atoms with Gasteiger partial charge in [0, 0.05) is 26.2 Å². The van der Waals surface area contributed by atoms with Gasteiger partial charge in [-0.2, -0.15) is 0 Å². The summed E-state index contributed by atoms with van der Waals surface area (Å²) in [5.41, 5.74) is 1.21. The molecule has 1 aromatic carbocycles. The minimum absolute atomic E-state index is 0.799. The van der Waals surface area contributed by atoms with Crippen molar-refractivity contribution in [2.24, 2.45) is 0 Å². The normalized spacial score (nSPS) is 22.3. The first-order valence-corrected chi connectivity index (χ1v) is 6.95. The summed E-state index contributed by atoms with van der Waals surface area (Å²) in [7, 11) is 0. The molecule has 0 aliphatic carbocycles. The first kappa shape index (κ1) is 12.9. The van der Waals surface area contributed by atoms with E-state index >= 15 is 0 Å². The number of hydrogen-bond donors (Lipinski definition) is 0. The van der Waals surface area contributed by atoms with Crippen LogP contribution in [-0.4, -0.2) is 62.6 Å². The smallest absolute Gasteiger partial charge is 0.0707 e. The van der Waals surface area contributed by atoms with Crippen molar-refractivity contribution in [1.29, 1.82) is 0 Å². The van der Waals surface area contributed by atoms with E-state index in [1.54, 1.807) is 0 Å². The lowest BCUT2D eigenvalue weighted by molar-refractivity contribution is -0.0389. The summed E-state index contributed by atoms with van der Waals surface area (Å²) in [6.45, 7) is 6.94. The predicted molar refractivity (Wildman–Crippen MR) is 73.7 cm³/mol. The Morgan fingerprint density at radius 2 is 1.21 bits per heavy atom. The first-order chi connectivity index (χ1) is 9.45. The third-order valence-electron chi connectivity index (χ3n) is 3.50. The molecule has 0 amide bonds. The molecule has 2 heterocycles. The minimum atomic E-state index is 0.799. The van der Waals surface area contributed by atoms with E-state index in [-0.39, 0.29) is 0 Å². The van der Waals surface area contributed by atoms with Gasteiger partial charge in [0.15, 0.2) is 0 Å². The highest BCUT2D eigenvalue weighted by Gasteiger charge is 2.26. The topological polar surface area (TPSA) is 28.2 Å². The van der Waals surface area contributed by atoms with Gasteiger partial charge in [0.05, 0.1) is 32.1 Å². The Labute approximate surface area is 114 Å². The molecule has 0 saturated carbocycles. The molecule has 0 radical (unpaired) electrons. The monoisotopic (exact) mass is 263 g/mol. The van der Waals surface area contributed by atoms with Crippen LogP contribution < -0.4 is 5.12 Å². The fraction of sp³-hybridized carbons (Fsp3) is 0.571. The van der Waals surface area contributed by atoms with Crippen molar-refractivity contribution in [3.8, 4) is 0 Å². The molecule has 2 fully saturated rings. The van der Waals surface area contributed by atoms with E-state index in [0.29, 0.717) is 0 Å². The highest BCUT2D eigenvalue weighted by molar-refractivity contribution is 5.43. The number of rotatable bonds is 3. The van der Waals surface area contributed by atoms with Crippen molar-refractivity contribution in [3.63, 3.8) is 0 Å². The van der Waals surface area contributed by atoms with Crippen LogP contribution in [0.3, 0.4) is 0 Å². The molecule has 0 atom stereocenters. The Morgan fingerprint density at radius 3 is 1.68 bits per heavy atom. The van der Waals surface area contributed by atoms with Crippen molar-refractivity contribution >= 4 is 5.69 Å². The molecule has 2 aliphatic rings. The maximum Gasteiger partial charge on any atom is 0.0707 e. The number of hydrogen-bond acceptors (Lipinski definition) is 5. The van der Waals surface area contributed by atoms with E-state index < -0.39 is 0 Å². The zero-order valence-corrected chi connectivity index (χ0v) is 11.2. The molecule has 1 aromatic rings. The summed E-state index contributed by atoms with van der Waals surface area (Å²) in [6.07, 6.45) is 0. The Hall–Kier alpha value is -1.14. The fourth-order valence-electron chi connectivity index (χ4n) is 2.55. The molecule has 0 spiro atoms. The highest BCUT2D eigenvalue weighted by Crippen LogP contribution is 2.20. The minimum Gasteiger partial charge on any atom is -0.379 e. The van der Waals surface area contributed by atoms with Gasteiger partial charge in [0.1, 0.15) is 0 Å². The number of nitrogens with zero attached hydrogens (tertiary/aromatic N) is 3. The quantitative estimate of drug-likeness (QED) is 0.811. The van der Waals surface area contributed by atoms with Crippen LogP contribution in [0, 0.1) is 0 Å². The number of morpholine rings is 2. The van der Waals surface area contributed by atoms with Gasteiger partial charge in [0.2, 0.25) is 0 Å². The van der Waals surface area contributed by atoms with Crippen LogP contribution >= 0.6 is 0 Å². The molecule has 104 valence electrons. The largest absolute Gasteiger partial charge is 0.379 e. The van der Waals surface area contributed by atoms with E-state index in [0.717, 1.165) is 52.6 Å². The Balaban J connectivity index is 1.81. The molecule has 5 nitrogen and oxygen atoms in total. The van der Waals surface area contributed by atoms with Crippen molar-refractivity contribution in [3.05, 3.63) is 30.3 Å². The summed E-state index contributed by atoms with van der Waals surface area (Å²) in [4.78, 5) is 0. The number of anilines is 1. The lowest BCUT2D eigenvalue weighted by Gasteiger charge is -2.46. The third kappa shape index (κ3) is 3.06. The average Bonchev–Trinajstić information content (AvgIpc) is 2.51. The van der Waals surface area contributed by atoms with Crippen molar-refractivity contribution < 1.29 is 9.47 Å². The van der Waals surface area contributed by atoms with Gasteiger partial charge < -0.3 is 9.47 Å². The number of ether oxygens (including phenoxy) is 2. The van der Waals surface area contributed by atoms with Gasteiger partial charge in [-0.1, -0.05) is 18.2 Å². The SMILES string of the molecule is c1ccc(N(N2CCOCC2)N2CCOCC2)cc1. The third-order valence-corrected chi connectivity index (χ3v) is 3.50. The van der Waals surface area contributed by atoms with Crippen LogP contribution in [-0.2, 0) is 9.47 Å². The zero-order valence-electron chi connectivity index (χ0n) is 11.2. The first-order valence-electron chi connectivity index (χ1n) is 6.95. The van der Waals surface area contributed by atoms with Gasteiger partial charge in [-0.25, -0.2) is 15.1 Å². The van der Waals surface area contributed by atoms with E-state index in [9.17, 15) is 0 Å². The van der Waals surface area contributed by atoms with Gasteiger partial charge in [-0.15, -0.1) is 0 Å². The van der Waals surface area contributed by atoms with Gasteiger partial charge in [-0.05, 0) is 12.1 Å².